The highest BCUT2D eigenvalue weighted by atomic mass is 16.3. The summed E-state index contributed by atoms with van der Waals surface area (Å²) in [5.41, 5.74) is 0. The SMILES string of the molecule is Cc1ccc(C(C)N[C@H](C)c2ccco2)o1. The lowest BCUT2D eigenvalue weighted by molar-refractivity contribution is 0.361. The third-order valence-corrected chi connectivity index (χ3v) is 2.66. The van der Waals surface area contributed by atoms with Gasteiger partial charge in [0, 0.05) is 0 Å². The average molecular weight is 219 g/mol. The first-order valence-electron chi connectivity index (χ1n) is 5.52. The van der Waals surface area contributed by atoms with Crippen LogP contribution in [-0.2, 0) is 0 Å². The maximum absolute atomic E-state index is 5.57. The molecule has 1 unspecified atom stereocenters. The number of hydrogen-bond acceptors (Lipinski definition) is 3. The van der Waals surface area contributed by atoms with Crippen molar-refractivity contribution >= 4 is 0 Å². The number of furan rings is 2. The summed E-state index contributed by atoms with van der Waals surface area (Å²) in [4.78, 5) is 0. The topological polar surface area (TPSA) is 38.3 Å². The quantitative estimate of drug-likeness (QED) is 0.853. The number of hydrogen-bond donors (Lipinski definition) is 1. The van der Waals surface area contributed by atoms with Crippen LogP contribution in [-0.4, -0.2) is 0 Å². The minimum Gasteiger partial charge on any atom is -0.468 e. The van der Waals surface area contributed by atoms with Gasteiger partial charge in [0.1, 0.15) is 17.3 Å². The van der Waals surface area contributed by atoms with E-state index in [4.69, 9.17) is 8.83 Å². The first kappa shape index (κ1) is 11.0. The molecule has 0 amide bonds. The Morgan fingerprint density at radius 2 is 1.81 bits per heavy atom. The summed E-state index contributed by atoms with van der Waals surface area (Å²) in [6, 6.07) is 8.20. The van der Waals surface area contributed by atoms with Gasteiger partial charge in [-0.3, -0.25) is 5.32 Å². The minimum absolute atomic E-state index is 0.175. The maximum Gasteiger partial charge on any atom is 0.120 e. The van der Waals surface area contributed by atoms with E-state index in [-0.39, 0.29) is 12.1 Å². The van der Waals surface area contributed by atoms with Crippen molar-refractivity contribution in [1.82, 2.24) is 5.32 Å². The van der Waals surface area contributed by atoms with Crippen molar-refractivity contribution in [2.75, 3.05) is 0 Å². The lowest BCUT2D eigenvalue weighted by atomic mass is 10.2. The largest absolute Gasteiger partial charge is 0.468 e. The van der Waals surface area contributed by atoms with E-state index in [0.29, 0.717) is 0 Å². The van der Waals surface area contributed by atoms with E-state index < -0.39 is 0 Å². The molecule has 0 radical (unpaired) electrons. The number of aryl methyl sites for hydroxylation is 1. The second-order valence-electron chi connectivity index (χ2n) is 4.07. The van der Waals surface area contributed by atoms with Crippen LogP contribution in [0.2, 0.25) is 0 Å². The van der Waals surface area contributed by atoms with Gasteiger partial charge in [-0.05, 0) is 45.0 Å². The van der Waals surface area contributed by atoms with Crippen molar-refractivity contribution in [2.45, 2.75) is 32.9 Å². The molecule has 2 aromatic heterocycles. The van der Waals surface area contributed by atoms with Gasteiger partial charge in [-0.2, -0.15) is 0 Å². The van der Waals surface area contributed by atoms with Crippen LogP contribution in [0.4, 0.5) is 0 Å². The molecule has 0 aliphatic rings. The highest BCUT2D eigenvalue weighted by Gasteiger charge is 2.15. The molecule has 0 aliphatic carbocycles. The summed E-state index contributed by atoms with van der Waals surface area (Å²) in [5.74, 6) is 2.83. The Balaban J connectivity index is 2.00. The fraction of sp³-hybridized carbons (Fsp3) is 0.385. The van der Waals surface area contributed by atoms with E-state index >= 15 is 0 Å². The summed E-state index contributed by atoms with van der Waals surface area (Å²) in [5, 5.41) is 3.42. The molecule has 3 heteroatoms. The Hall–Kier alpha value is -1.48. The molecule has 2 atom stereocenters. The molecular weight excluding hydrogens is 202 g/mol. The Kier molecular flexibility index (Phi) is 3.15. The van der Waals surface area contributed by atoms with Crippen LogP contribution < -0.4 is 5.32 Å². The highest BCUT2D eigenvalue weighted by Crippen LogP contribution is 2.20. The molecule has 0 bridgehead atoms. The van der Waals surface area contributed by atoms with Crippen LogP contribution in [0.1, 0.15) is 43.2 Å². The van der Waals surface area contributed by atoms with Crippen molar-refractivity contribution in [3.63, 3.8) is 0 Å². The summed E-state index contributed by atoms with van der Waals surface area (Å²) >= 11 is 0. The van der Waals surface area contributed by atoms with Gasteiger partial charge in [0.2, 0.25) is 0 Å². The Morgan fingerprint density at radius 1 is 1.06 bits per heavy atom. The maximum atomic E-state index is 5.57. The standard InChI is InChI=1S/C13H17NO2/c1-9-6-7-13(16-9)11(3)14-10(2)12-5-4-8-15-12/h4-8,10-11,14H,1-3H3/t10-,11?/m1/s1. The second-order valence-corrected chi connectivity index (χ2v) is 4.07. The van der Waals surface area contributed by atoms with Gasteiger partial charge < -0.3 is 8.83 Å². The molecule has 0 saturated heterocycles. The Labute approximate surface area is 95.5 Å². The number of nitrogens with one attached hydrogen (secondary N) is 1. The molecule has 0 fully saturated rings. The molecular formula is C13H17NO2. The predicted molar refractivity (Wildman–Crippen MR) is 62.1 cm³/mol. The zero-order valence-electron chi connectivity index (χ0n) is 9.86. The lowest BCUT2D eigenvalue weighted by Crippen LogP contribution is -2.21. The molecule has 0 saturated carbocycles. The van der Waals surface area contributed by atoms with Crippen molar-refractivity contribution in [3.05, 3.63) is 47.8 Å². The number of rotatable bonds is 4. The van der Waals surface area contributed by atoms with Crippen LogP contribution in [0.25, 0.3) is 0 Å². The third kappa shape index (κ3) is 2.36. The van der Waals surface area contributed by atoms with E-state index in [1.54, 1.807) is 6.26 Å². The Bertz CT molecular complexity index is 430. The van der Waals surface area contributed by atoms with Crippen LogP contribution >= 0.6 is 0 Å². The van der Waals surface area contributed by atoms with Crippen LogP contribution in [0.15, 0.2) is 39.4 Å². The fourth-order valence-electron chi connectivity index (χ4n) is 1.76. The van der Waals surface area contributed by atoms with Gasteiger partial charge in [-0.15, -0.1) is 0 Å². The van der Waals surface area contributed by atoms with Crippen molar-refractivity contribution in [3.8, 4) is 0 Å². The van der Waals surface area contributed by atoms with E-state index in [9.17, 15) is 0 Å². The predicted octanol–water partition coefficient (Wildman–Crippen LogP) is 3.59. The zero-order chi connectivity index (χ0) is 11.5. The zero-order valence-corrected chi connectivity index (χ0v) is 9.86. The Morgan fingerprint density at radius 3 is 2.38 bits per heavy atom. The van der Waals surface area contributed by atoms with Crippen molar-refractivity contribution < 1.29 is 8.83 Å². The molecule has 3 nitrogen and oxygen atoms in total. The summed E-state index contributed by atoms with van der Waals surface area (Å²) < 4.78 is 10.9. The summed E-state index contributed by atoms with van der Waals surface area (Å²) in [6.07, 6.45) is 1.69. The van der Waals surface area contributed by atoms with Crippen molar-refractivity contribution in [1.29, 1.82) is 0 Å². The van der Waals surface area contributed by atoms with Crippen LogP contribution in [0.3, 0.4) is 0 Å². The van der Waals surface area contributed by atoms with E-state index in [1.807, 2.05) is 31.2 Å². The molecule has 0 aliphatic heterocycles. The van der Waals surface area contributed by atoms with Gasteiger partial charge in [-0.1, -0.05) is 0 Å². The molecule has 1 N–H and O–H groups in total. The first-order chi connectivity index (χ1) is 7.66. The monoisotopic (exact) mass is 219 g/mol. The van der Waals surface area contributed by atoms with E-state index in [0.717, 1.165) is 17.3 Å². The van der Waals surface area contributed by atoms with Crippen LogP contribution in [0.5, 0.6) is 0 Å². The van der Waals surface area contributed by atoms with Gasteiger partial charge in [0.25, 0.3) is 0 Å². The average Bonchev–Trinajstić information content (AvgIpc) is 2.87. The smallest absolute Gasteiger partial charge is 0.120 e. The normalized spacial score (nSPS) is 14.9. The third-order valence-electron chi connectivity index (χ3n) is 2.66. The minimum atomic E-state index is 0.175. The molecule has 86 valence electrons. The molecule has 2 heterocycles. The molecule has 2 rings (SSSR count). The highest BCUT2D eigenvalue weighted by molar-refractivity contribution is 5.10. The van der Waals surface area contributed by atoms with Gasteiger partial charge >= 0.3 is 0 Å². The lowest BCUT2D eigenvalue weighted by Gasteiger charge is -2.16. The fourth-order valence-corrected chi connectivity index (χ4v) is 1.76. The molecule has 0 aromatic carbocycles. The van der Waals surface area contributed by atoms with Gasteiger partial charge in [-0.25, -0.2) is 0 Å². The first-order valence-corrected chi connectivity index (χ1v) is 5.52. The second kappa shape index (κ2) is 4.58. The van der Waals surface area contributed by atoms with Crippen molar-refractivity contribution in [2.24, 2.45) is 0 Å². The van der Waals surface area contributed by atoms with E-state index in [1.165, 1.54) is 0 Å². The van der Waals surface area contributed by atoms with Gasteiger partial charge in [0.15, 0.2) is 0 Å². The molecule has 0 spiro atoms. The van der Waals surface area contributed by atoms with Crippen LogP contribution in [0, 0.1) is 6.92 Å². The van der Waals surface area contributed by atoms with Gasteiger partial charge in [0.05, 0.1) is 18.3 Å². The summed E-state index contributed by atoms with van der Waals surface area (Å²) in [7, 11) is 0. The molecule has 16 heavy (non-hydrogen) atoms. The molecule has 2 aromatic rings. The summed E-state index contributed by atoms with van der Waals surface area (Å²) in [6.45, 7) is 6.11. The van der Waals surface area contributed by atoms with E-state index in [2.05, 4.69) is 19.2 Å².